The maximum absolute atomic E-state index is 11.9. The van der Waals surface area contributed by atoms with Gasteiger partial charge in [-0.2, -0.15) is 13.2 Å². The molecule has 0 spiro atoms. The molecule has 4 nitrogen and oxygen atoms in total. The molecule has 0 aliphatic heterocycles. The topological polar surface area (TPSA) is 56.5 Å². The van der Waals surface area contributed by atoms with E-state index in [0.29, 0.717) is 10.8 Å². The molecule has 0 aliphatic rings. The molecule has 114 valence electrons. The van der Waals surface area contributed by atoms with Gasteiger partial charge in [0.05, 0.1) is 12.1 Å². The molecule has 1 atom stereocenters. The first-order valence-electron chi connectivity index (χ1n) is 5.81. The van der Waals surface area contributed by atoms with Crippen LogP contribution in [0.15, 0.2) is 18.2 Å². The lowest BCUT2D eigenvalue weighted by Gasteiger charge is -2.18. The molecule has 1 rings (SSSR count). The molecule has 0 fully saturated rings. The molecule has 0 aliphatic carbocycles. The molecular weight excluding hydrogens is 297 g/mol. The molecule has 0 amide bonds. The molecule has 8 heteroatoms. The minimum atomic E-state index is -4.32. The third-order valence-electron chi connectivity index (χ3n) is 2.60. The number of hydrogen-bond acceptors (Lipinski definition) is 4. The van der Waals surface area contributed by atoms with Gasteiger partial charge in [0.15, 0.2) is 0 Å². The molecule has 0 aromatic heterocycles. The number of ether oxygens (including phenoxy) is 2. The Balaban J connectivity index is 2.58. The number of rotatable bonds is 7. The van der Waals surface area contributed by atoms with Crippen LogP contribution in [0.5, 0.6) is 5.75 Å². The summed E-state index contributed by atoms with van der Waals surface area (Å²) >= 11 is 5.89. The average Bonchev–Trinajstić information content (AvgIpc) is 2.39. The summed E-state index contributed by atoms with van der Waals surface area (Å²) in [6.07, 6.45) is -4.04. The van der Waals surface area contributed by atoms with E-state index in [-0.39, 0.29) is 19.1 Å². The third-order valence-corrected chi connectivity index (χ3v) is 2.91. The number of nitrogens with two attached hydrogens (primary N) is 1. The predicted octanol–water partition coefficient (Wildman–Crippen LogP) is 2.82. The lowest BCUT2D eigenvalue weighted by molar-refractivity contribution is -0.174. The highest BCUT2D eigenvalue weighted by atomic mass is 35.5. The largest absolute Gasteiger partial charge is 0.495 e. The van der Waals surface area contributed by atoms with Gasteiger partial charge in [0.25, 0.3) is 0 Å². The van der Waals surface area contributed by atoms with Crippen molar-refractivity contribution >= 4 is 11.6 Å². The molecule has 0 saturated heterocycles. The van der Waals surface area contributed by atoms with Crippen molar-refractivity contribution in [3.63, 3.8) is 0 Å². The first-order valence-corrected chi connectivity index (χ1v) is 6.19. The molecule has 0 saturated carbocycles. The zero-order chi connectivity index (χ0) is 15.2. The van der Waals surface area contributed by atoms with Gasteiger partial charge in [-0.05, 0) is 24.1 Å². The number of hydrazine groups is 1. The Bertz CT molecular complexity index is 430. The number of alkyl halides is 3. The standard InChI is InChI=1S/C12H16ClF3N2O2/c1-19-11-6-8(2-3-9(11)13)10(18-17)4-5-20-7-12(14,15)16/h2-3,6,10,18H,4-5,7,17H2,1H3. The van der Waals surface area contributed by atoms with Crippen LogP contribution < -0.4 is 16.0 Å². The molecule has 1 aromatic carbocycles. The maximum atomic E-state index is 11.9. The Morgan fingerprint density at radius 2 is 2.10 bits per heavy atom. The Kier molecular flexibility index (Phi) is 6.54. The highest BCUT2D eigenvalue weighted by Gasteiger charge is 2.27. The summed E-state index contributed by atoms with van der Waals surface area (Å²) in [7, 11) is 1.47. The summed E-state index contributed by atoms with van der Waals surface area (Å²) in [5.41, 5.74) is 3.28. The van der Waals surface area contributed by atoms with Crippen molar-refractivity contribution in [3.05, 3.63) is 28.8 Å². The van der Waals surface area contributed by atoms with Crippen LogP contribution in [0.1, 0.15) is 18.0 Å². The minimum absolute atomic E-state index is 0.0701. The Labute approximate surface area is 120 Å². The number of benzene rings is 1. The van der Waals surface area contributed by atoms with E-state index in [1.54, 1.807) is 18.2 Å². The second-order valence-electron chi connectivity index (χ2n) is 4.07. The van der Waals surface area contributed by atoms with Crippen molar-refractivity contribution in [2.45, 2.75) is 18.6 Å². The van der Waals surface area contributed by atoms with Gasteiger partial charge < -0.3 is 9.47 Å². The quantitative estimate of drug-likeness (QED) is 0.462. The van der Waals surface area contributed by atoms with Crippen molar-refractivity contribution < 1.29 is 22.6 Å². The van der Waals surface area contributed by atoms with Crippen molar-refractivity contribution in [2.24, 2.45) is 5.84 Å². The first kappa shape index (κ1) is 17.0. The zero-order valence-corrected chi connectivity index (χ0v) is 11.6. The van der Waals surface area contributed by atoms with E-state index in [0.717, 1.165) is 5.56 Å². The minimum Gasteiger partial charge on any atom is -0.495 e. The second-order valence-corrected chi connectivity index (χ2v) is 4.48. The fraction of sp³-hybridized carbons (Fsp3) is 0.500. The Morgan fingerprint density at radius 1 is 1.40 bits per heavy atom. The van der Waals surface area contributed by atoms with Gasteiger partial charge >= 0.3 is 6.18 Å². The van der Waals surface area contributed by atoms with Gasteiger partial charge in [-0.3, -0.25) is 11.3 Å². The number of halogens is 4. The van der Waals surface area contributed by atoms with Crippen LogP contribution in [-0.4, -0.2) is 26.5 Å². The smallest absolute Gasteiger partial charge is 0.411 e. The molecule has 0 heterocycles. The van der Waals surface area contributed by atoms with E-state index in [2.05, 4.69) is 10.2 Å². The van der Waals surface area contributed by atoms with E-state index in [4.69, 9.17) is 22.2 Å². The Hall–Kier alpha value is -1.02. The molecule has 0 bridgehead atoms. The van der Waals surface area contributed by atoms with E-state index in [9.17, 15) is 13.2 Å². The number of hydrogen-bond donors (Lipinski definition) is 2. The predicted molar refractivity (Wildman–Crippen MR) is 69.6 cm³/mol. The second kappa shape index (κ2) is 7.68. The SMILES string of the molecule is COc1cc(C(CCOCC(F)(F)F)NN)ccc1Cl. The van der Waals surface area contributed by atoms with Gasteiger partial charge in [-0.1, -0.05) is 17.7 Å². The molecule has 1 aromatic rings. The van der Waals surface area contributed by atoms with Crippen molar-refractivity contribution in [2.75, 3.05) is 20.3 Å². The lowest BCUT2D eigenvalue weighted by atomic mass is 10.0. The van der Waals surface area contributed by atoms with Gasteiger partial charge in [-0.15, -0.1) is 0 Å². The molecular formula is C12H16ClF3N2O2. The van der Waals surface area contributed by atoms with Crippen molar-refractivity contribution in [3.8, 4) is 5.75 Å². The zero-order valence-electron chi connectivity index (χ0n) is 10.8. The van der Waals surface area contributed by atoms with Gasteiger partial charge in [0.1, 0.15) is 12.4 Å². The average molecular weight is 313 g/mol. The van der Waals surface area contributed by atoms with Crippen molar-refractivity contribution in [1.82, 2.24) is 5.43 Å². The maximum Gasteiger partial charge on any atom is 0.411 e. The van der Waals surface area contributed by atoms with Gasteiger partial charge in [0.2, 0.25) is 0 Å². The summed E-state index contributed by atoms with van der Waals surface area (Å²) in [6.45, 7) is -1.34. The summed E-state index contributed by atoms with van der Waals surface area (Å²) < 4.78 is 45.4. The van der Waals surface area contributed by atoms with E-state index < -0.39 is 12.8 Å². The highest BCUT2D eigenvalue weighted by Crippen LogP contribution is 2.28. The monoisotopic (exact) mass is 312 g/mol. The fourth-order valence-corrected chi connectivity index (χ4v) is 1.82. The van der Waals surface area contributed by atoms with Crippen LogP contribution in [0.2, 0.25) is 5.02 Å². The molecule has 3 N–H and O–H groups in total. The number of methoxy groups -OCH3 is 1. The summed E-state index contributed by atoms with van der Waals surface area (Å²) in [5, 5.41) is 0.445. The molecule has 20 heavy (non-hydrogen) atoms. The summed E-state index contributed by atoms with van der Waals surface area (Å²) in [4.78, 5) is 0. The van der Waals surface area contributed by atoms with Gasteiger partial charge in [0, 0.05) is 12.6 Å². The van der Waals surface area contributed by atoms with Crippen molar-refractivity contribution in [1.29, 1.82) is 0 Å². The van der Waals surface area contributed by atoms with Crippen LogP contribution in [-0.2, 0) is 4.74 Å². The third kappa shape index (κ3) is 5.54. The van der Waals surface area contributed by atoms with Crippen LogP contribution in [0.25, 0.3) is 0 Å². The number of nitrogens with one attached hydrogen (secondary N) is 1. The van der Waals surface area contributed by atoms with Crippen LogP contribution in [0, 0.1) is 0 Å². The molecule has 0 radical (unpaired) electrons. The fourth-order valence-electron chi connectivity index (χ4n) is 1.63. The summed E-state index contributed by atoms with van der Waals surface area (Å²) in [5.74, 6) is 5.87. The Morgan fingerprint density at radius 3 is 2.65 bits per heavy atom. The normalized spacial score (nSPS) is 13.3. The van der Waals surface area contributed by atoms with E-state index in [1.165, 1.54) is 7.11 Å². The van der Waals surface area contributed by atoms with E-state index >= 15 is 0 Å². The van der Waals surface area contributed by atoms with Gasteiger partial charge in [-0.25, -0.2) is 0 Å². The van der Waals surface area contributed by atoms with Crippen LogP contribution in [0.3, 0.4) is 0 Å². The summed E-state index contributed by atoms with van der Waals surface area (Å²) in [6, 6.07) is 4.68. The van der Waals surface area contributed by atoms with Crippen LogP contribution >= 0.6 is 11.6 Å². The lowest BCUT2D eigenvalue weighted by Crippen LogP contribution is -2.29. The van der Waals surface area contributed by atoms with E-state index in [1.807, 2.05) is 0 Å². The molecule has 1 unspecified atom stereocenters. The highest BCUT2D eigenvalue weighted by molar-refractivity contribution is 6.32. The first-order chi connectivity index (χ1) is 9.37. The van der Waals surface area contributed by atoms with Crippen LogP contribution in [0.4, 0.5) is 13.2 Å².